The van der Waals surface area contributed by atoms with Gasteiger partial charge in [0.25, 0.3) is 11.8 Å². The Balaban J connectivity index is 1.84. The number of unbranched alkanes of at least 4 members (excludes halogenated alkanes) is 2. The third kappa shape index (κ3) is 8.47. The molecule has 0 atom stereocenters. The van der Waals surface area contributed by atoms with Crippen LogP contribution >= 0.6 is 0 Å². The molecule has 32 heavy (non-hydrogen) atoms. The summed E-state index contributed by atoms with van der Waals surface area (Å²) in [5.41, 5.74) is 0. The summed E-state index contributed by atoms with van der Waals surface area (Å²) in [4.78, 5) is 52.0. The summed E-state index contributed by atoms with van der Waals surface area (Å²) in [5.74, 6) is -0.122. The highest BCUT2D eigenvalue weighted by Crippen LogP contribution is 2.31. The van der Waals surface area contributed by atoms with Crippen LogP contribution in [-0.4, -0.2) is 74.0 Å². The van der Waals surface area contributed by atoms with Gasteiger partial charge in [-0.25, -0.2) is 0 Å². The molecule has 1 saturated carbocycles. The number of nitrogens with zero attached hydrogens (tertiary/aromatic N) is 2. The fourth-order valence-electron chi connectivity index (χ4n) is 4.38. The molecule has 2 aliphatic rings. The summed E-state index contributed by atoms with van der Waals surface area (Å²) in [7, 11) is 3.28. The van der Waals surface area contributed by atoms with Gasteiger partial charge in [0.15, 0.2) is 0 Å². The van der Waals surface area contributed by atoms with Crippen molar-refractivity contribution in [3.8, 4) is 0 Å². The van der Waals surface area contributed by atoms with E-state index in [2.05, 4.69) is 0 Å². The van der Waals surface area contributed by atoms with Crippen molar-refractivity contribution >= 4 is 23.6 Å². The monoisotopic (exact) mass is 450 g/mol. The molecular weight excluding hydrogens is 412 g/mol. The Morgan fingerprint density at radius 3 is 1.78 bits per heavy atom. The van der Waals surface area contributed by atoms with Crippen molar-refractivity contribution in [2.45, 2.75) is 64.2 Å². The van der Waals surface area contributed by atoms with E-state index in [0.717, 1.165) is 38.5 Å². The standard InChI is InChI=1S/C24H38N2O6/c1-31-15-5-3-7-21(27)25(22(28)8-4-6-16-32-2)17-19-9-11-20(12-10-19)18-26-23(29)13-14-24(26)30/h13-14,19-20H,3-12,15-18H2,1-2H3. The van der Waals surface area contributed by atoms with Gasteiger partial charge in [-0.15, -0.1) is 0 Å². The first-order chi connectivity index (χ1) is 15.5. The summed E-state index contributed by atoms with van der Waals surface area (Å²) in [5, 5.41) is 0. The van der Waals surface area contributed by atoms with Crippen molar-refractivity contribution in [2.24, 2.45) is 11.8 Å². The lowest BCUT2D eigenvalue weighted by Crippen LogP contribution is -2.42. The summed E-state index contributed by atoms with van der Waals surface area (Å²) >= 11 is 0. The molecule has 0 aromatic carbocycles. The molecule has 0 aromatic heterocycles. The maximum Gasteiger partial charge on any atom is 0.253 e. The second-order valence-electron chi connectivity index (χ2n) is 8.81. The van der Waals surface area contributed by atoms with E-state index in [-0.39, 0.29) is 35.5 Å². The van der Waals surface area contributed by atoms with Crippen molar-refractivity contribution in [1.29, 1.82) is 0 Å². The molecule has 8 heteroatoms. The zero-order valence-corrected chi connectivity index (χ0v) is 19.6. The highest BCUT2D eigenvalue weighted by molar-refractivity contribution is 6.12. The molecule has 0 saturated heterocycles. The Morgan fingerprint density at radius 2 is 1.31 bits per heavy atom. The molecular formula is C24H38N2O6. The molecule has 8 nitrogen and oxygen atoms in total. The van der Waals surface area contributed by atoms with Crippen LogP contribution < -0.4 is 0 Å². The highest BCUT2D eigenvalue weighted by Gasteiger charge is 2.31. The lowest BCUT2D eigenvalue weighted by molar-refractivity contribution is -0.146. The van der Waals surface area contributed by atoms with Gasteiger partial charge in [-0.05, 0) is 63.2 Å². The van der Waals surface area contributed by atoms with Crippen LogP contribution in [0.3, 0.4) is 0 Å². The SMILES string of the molecule is COCCCCC(=O)N(CC1CCC(CN2C(=O)C=CC2=O)CC1)C(=O)CCCCOC. The Hall–Kier alpha value is -2.06. The van der Waals surface area contributed by atoms with Gasteiger partial charge in [-0.3, -0.25) is 29.0 Å². The fraction of sp³-hybridized carbons (Fsp3) is 0.750. The average Bonchev–Trinajstić information content (AvgIpc) is 3.10. The molecule has 1 fully saturated rings. The largest absolute Gasteiger partial charge is 0.385 e. The lowest BCUT2D eigenvalue weighted by atomic mass is 9.81. The smallest absolute Gasteiger partial charge is 0.253 e. The first kappa shape index (κ1) is 26.2. The van der Waals surface area contributed by atoms with E-state index in [0.29, 0.717) is 52.0 Å². The van der Waals surface area contributed by atoms with E-state index >= 15 is 0 Å². The predicted octanol–water partition coefficient (Wildman–Crippen LogP) is 2.71. The van der Waals surface area contributed by atoms with E-state index < -0.39 is 0 Å². The van der Waals surface area contributed by atoms with Crippen molar-refractivity contribution in [3.05, 3.63) is 12.2 Å². The molecule has 4 amide bonds. The topological polar surface area (TPSA) is 93.2 Å². The summed E-state index contributed by atoms with van der Waals surface area (Å²) in [6, 6.07) is 0. The minimum Gasteiger partial charge on any atom is -0.385 e. The van der Waals surface area contributed by atoms with Crippen LogP contribution in [-0.2, 0) is 28.7 Å². The van der Waals surface area contributed by atoms with E-state index in [9.17, 15) is 19.2 Å². The van der Waals surface area contributed by atoms with E-state index in [4.69, 9.17) is 9.47 Å². The van der Waals surface area contributed by atoms with Crippen LogP contribution in [0.15, 0.2) is 12.2 Å². The molecule has 180 valence electrons. The molecule has 0 bridgehead atoms. The second-order valence-corrected chi connectivity index (χ2v) is 8.81. The van der Waals surface area contributed by atoms with Gasteiger partial charge < -0.3 is 9.47 Å². The van der Waals surface area contributed by atoms with Crippen LogP contribution in [0.2, 0.25) is 0 Å². The number of amides is 4. The van der Waals surface area contributed by atoms with Crippen LogP contribution in [0.1, 0.15) is 64.2 Å². The number of hydrogen-bond donors (Lipinski definition) is 0. The molecule has 1 aliphatic heterocycles. The maximum atomic E-state index is 12.8. The number of ether oxygens (including phenoxy) is 2. The fourth-order valence-corrected chi connectivity index (χ4v) is 4.38. The zero-order chi connectivity index (χ0) is 23.3. The van der Waals surface area contributed by atoms with Gasteiger partial charge in [0.05, 0.1) is 0 Å². The normalized spacial score (nSPS) is 20.8. The van der Waals surface area contributed by atoms with E-state index in [1.165, 1.54) is 22.0 Å². The molecule has 1 heterocycles. The molecule has 2 rings (SSSR count). The van der Waals surface area contributed by atoms with Crippen molar-refractivity contribution in [1.82, 2.24) is 9.80 Å². The number of hydrogen-bond acceptors (Lipinski definition) is 6. The number of imide groups is 2. The number of carbonyl (C=O) groups excluding carboxylic acids is 4. The highest BCUT2D eigenvalue weighted by atomic mass is 16.5. The van der Waals surface area contributed by atoms with Crippen LogP contribution in [0.4, 0.5) is 0 Å². The second kappa shape index (κ2) is 14.2. The summed E-state index contributed by atoms with van der Waals surface area (Å²) in [6.45, 7) is 2.14. The third-order valence-corrected chi connectivity index (χ3v) is 6.33. The maximum absolute atomic E-state index is 12.8. The van der Waals surface area contributed by atoms with E-state index in [1.54, 1.807) is 14.2 Å². The molecule has 1 aliphatic carbocycles. The van der Waals surface area contributed by atoms with Crippen molar-refractivity contribution < 1.29 is 28.7 Å². The Morgan fingerprint density at radius 1 is 0.844 bits per heavy atom. The Bertz CT molecular complexity index is 627. The lowest BCUT2D eigenvalue weighted by Gasteiger charge is -2.33. The number of methoxy groups -OCH3 is 2. The van der Waals surface area contributed by atoms with Crippen LogP contribution in [0, 0.1) is 11.8 Å². The van der Waals surface area contributed by atoms with Gasteiger partial charge in [-0.2, -0.15) is 0 Å². The average molecular weight is 451 g/mol. The van der Waals surface area contributed by atoms with Gasteiger partial charge in [0.2, 0.25) is 11.8 Å². The van der Waals surface area contributed by atoms with Gasteiger partial charge >= 0.3 is 0 Å². The van der Waals surface area contributed by atoms with Crippen molar-refractivity contribution in [2.75, 3.05) is 40.5 Å². The zero-order valence-electron chi connectivity index (χ0n) is 19.6. The molecule has 0 N–H and O–H groups in total. The van der Waals surface area contributed by atoms with E-state index in [1.807, 2.05) is 0 Å². The van der Waals surface area contributed by atoms with Crippen LogP contribution in [0.5, 0.6) is 0 Å². The van der Waals surface area contributed by atoms with Crippen LogP contribution in [0.25, 0.3) is 0 Å². The summed E-state index contributed by atoms with van der Waals surface area (Å²) < 4.78 is 10.1. The number of rotatable bonds is 14. The van der Waals surface area contributed by atoms with Gasteiger partial charge in [-0.1, -0.05) is 0 Å². The predicted molar refractivity (Wildman–Crippen MR) is 119 cm³/mol. The minimum atomic E-state index is -0.235. The van der Waals surface area contributed by atoms with Gasteiger partial charge in [0, 0.05) is 65.5 Å². The first-order valence-electron chi connectivity index (χ1n) is 11.8. The summed E-state index contributed by atoms with van der Waals surface area (Å²) in [6.07, 6.45) is 9.92. The molecule has 0 aromatic rings. The minimum absolute atomic E-state index is 0.0979. The molecule has 0 spiro atoms. The molecule has 0 unspecified atom stereocenters. The quantitative estimate of drug-likeness (QED) is 0.298. The third-order valence-electron chi connectivity index (χ3n) is 6.33. The number of carbonyl (C=O) groups is 4. The molecule has 0 radical (unpaired) electrons. The Kier molecular flexibility index (Phi) is 11.6. The Labute approximate surface area is 191 Å². The first-order valence-corrected chi connectivity index (χ1v) is 11.8. The van der Waals surface area contributed by atoms with Crippen molar-refractivity contribution in [3.63, 3.8) is 0 Å². The van der Waals surface area contributed by atoms with Gasteiger partial charge in [0.1, 0.15) is 0 Å².